The van der Waals surface area contributed by atoms with Crippen LogP contribution in [0.1, 0.15) is 0 Å². The quantitative estimate of drug-likeness (QED) is 0.0802. The van der Waals surface area contributed by atoms with Crippen molar-refractivity contribution in [3.63, 3.8) is 0 Å². The largest absolute Gasteiger partial charge is 0.310 e. The van der Waals surface area contributed by atoms with Gasteiger partial charge in [-0.2, -0.15) is 0 Å². The number of anilines is 6. The van der Waals surface area contributed by atoms with Crippen LogP contribution >= 0.6 is 0 Å². The van der Waals surface area contributed by atoms with Crippen molar-refractivity contribution in [3.8, 4) is 134 Å². The van der Waals surface area contributed by atoms with Crippen LogP contribution in [-0.4, -0.2) is 9.13 Å². The molecule has 0 atom stereocenters. The molecule has 0 saturated heterocycles. The second-order valence-corrected chi connectivity index (χ2v) is 34.4. The zero-order valence-electron chi connectivity index (χ0n) is 72.4. The number of aromatic nitrogens is 2. The molecule has 0 amide bonds. The number of hydrogen-bond donors (Lipinski definition) is 0. The minimum atomic E-state index is 1.03. The number of fused-ring (bicyclic) bond motifs is 8. The lowest BCUT2D eigenvalue weighted by atomic mass is 9.93. The molecule has 0 bridgehead atoms. The van der Waals surface area contributed by atoms with E-state index in [-0.39, 0.29) is 0 Å². The second kappa shape index (κ2) is 33.7. The van der Waals surface area contributed by atoms with Gasteiger partial charge in [-0.05, 0) is 308 Å². The number of hydrogen-bond acceptors (Lipinski definition) is 2. The summed E-state index contributed by atoms with van der Waals surface area (Å²) in [6, 6.07) is 192. The molecule has 24 aromatic rings. The van der Waals surface area contributed by atoms with Crippen LogP contribution in [0.25, 0.3) is 199 Å². The lowest BCUT2D eigenvalue weighted by molar-refractivity contribution is 1.18. The molecule has 0 aliphatic heterocycles. The molecule has 132 heavy (non-hydrogen) atoms. The van der Waals surface area contributed by atoms with Gasteiger partial charge in [0.15, 0.2) is 0 Å². The van der Waals surface area contributed by atoms with Crippen molar-refractivity contribution < 1.29 is 0 Å². The molecule has 0 radical (unpaired) electrons. The van der Waals surface area contributed by atoms with Crippen LogP contribution in [0.3, 0.4) is 0 Å². The Morgan fingerprint density at radius 1 is 0.129 bits per heavy atom. The Morgan fingerprint density at radius 3 is 0.659 bits per heavy atom. The van der Waals surface area contributed by atoms with Crippen LogP contribution in [0.5, 0.6) is 0 Å². The Bertz CT molecular complexity index is 8310. The van der Waals surface area contributed by atoms with E-state index in [0.717, 1.165) is 146 Å². The standard InChI is InChI=1S/C128H86N4/c1-8-30-87(31-9-1)104-72-105(88-32-10-2-11-33-88)74-106(73-104)97-66-70-114(71-67-97)130(116-51-27-45-103(78-116)120-53-29-55-124-128(120)122-84-99-41-23-25-43-101(99)86-126(122)132(124)112-48-20-7-21-49-112)118-81-109(91-38-16-5-17-39-91)76-110(82-118)96-62-60-93(61-63-96)92-56-58-94(59-57-92)95-64-68-113(69-65-95)129(117-79-107(89-34-12-3-13-35-89)75-108(80-117)90-36-14-4-15-37-90)115-50-26-44-102(77-115)119-52-28-54-123-127(119)121-83-98-40-22-24-42-100(98)85-125(121)131(123)111-46-18-6-19-47-111/h1-86H. The highest BCUT2D eigenvalue weighted by molar-refractivity contribution is 6.20. The second-order valence-electron chi connectivity index (χ2n) is 34.4. The lowest BCUT2D eigenvalue weighted by Gasteiger charge is -2.28. The molecule has 0 aliphatic carbocycles. The van der Waals surface area contributed by atoms with Gasteiger partial charge >= 0.3 is 0 Å². The summed E-state index contributed by atoms with van der Waals surface area (Å²) in [6.45, 7) is 0. The number of nitrogens with zero attached hydrogens (tertiary/aromatic N) is 4. The van der Waals surface area contributed by atoms with Crippen molar-refractivity contribution in [1.82, 2.24) is 9.13 Å². The Morgan fingerprint density at radius 2 is 0.356 bits per heavy atom. The van der Waals surface area contributed by atoms with Crippen molar-refractivity contribution in [2.45, 2.75) is 0 Å². The van der Waals surface area contributed by atoms with Crippen LogP contribution < -0.4 is 9.80 Å². The first-order valence-electron chi connectivity index (χ1n) is 45.4. The molecule has 4 heteroatoms. The summed E-state index contributed by atoms with van der Waals surface area (Å²) in [5, 5.41) is 9.72. The number of rotatable bonds is 19. The monoisotopic (exact) mass is 1680 g/mol. The fourth-order valence-corrected chi connectivity index (χ4v) is 20.0. The van der Waals surface area contributed by atoms with Crippen LogP contribution in [0, 0.1) is 0 Å². The van der Waals surface area contributed by atoms with Gasteiger partial charge in [0.05, 0.1) is 22.1 Å². The van der Waals surface area contributed by atoms with Gasteiger partial charge in [0.2, 0.25) is 0 Å². The predicted octanol–water partition coefficient (Wildman–Crippen LogP) is 35.5. The van der Waals surface area contributed by atoms with Gasteiger partial charge < -0.3 is 18.9 Å². The van der Waals surface area contributed by atoms with E-state index >= 15 is 0 Å². The highest BCUT2D eigenvalue weighted by Gasteiger charge is 2.25. The predicted molar refractivity (Wildman–Crippen MR) is 559 cm³/mol. The molecule has 0 spiro atoms. The van der Waals surface area contributed by atoms with Gasteiger partial charge in [0.1, 0.15) is 0 Å². The molecule has 2 heterocycles. The van der Waals surface area contributed by atoms with Crippen LogP contribution in [0.2, 0.25) is 0 Å². The van der Waals surface area contributed by atoms with Crippen LogP contribution in [-0.2, 0) is 0 Å². The Balaban J connectivity index is 0.592. The molecule has 0 unspecified atom stereocenters. The van der Waals surface area contributed by atoms with E-state index in [0.29, 0.717) is 0 Å². The average Bonchev–Trinajstić information content (AvgIpc) is 1.57. The van der Waals surface area contributed by atoms with Gasteiger partial charge in [-0.15, -0.1) is 0 Å². The van der Waals surface area contributed by atoms with E-state index in [4.69, 9.17) is 0 Å². The Labute approximate surface area is 768 Å². The molecule has 618 valence electrons. The van der Waals surface area contributed by atoms with Gasteiger partial charge in [0.25, 0.3) is 0 Å². The van der Waals surface area contributed by atoms with Crippen LogP contribution in [0.4, 0.5) is 34.1 Å². The lowest BCUT2D eigenvalue weighted by Crippen LogP contribution is -2.10. The third kappa shape index (κ3) is 14.7. The van der Waals surface area contributed by atoms with Crippen molar-refractivity contribution in [2.24, 2.45) is 0 Å². The SMILES string of the molecule is c1ccc(-c2cc(-c3ccccc3)cc(-c3ccc(N(c4cc(-c5ccccc5)cc(-c5ccc(-c6ccc(-c7ccc(N(c8cc(-c9ccccc9)cc(-c9ccccc9)c8)c8cccc(-c9cccc%10c9c9cc%11ccccc%11cc9n%10-c9ccccc9)c8)cc7)cc6)cc5)c4)c4cccc(-c5cccc6c5c5cc7ccccc7cc5n6-c5ccccc5)c4)cc3)c2)cc1. The van der Waals surface area contributed by atoms with Crippen molar-refractivity contribution in [2.75, 3.05) is 9.80 Å². The normalized spacial score (nSPS) is 11.5. The third-order valence-electron chi connectivity index (χ3n) is 26.3. The average molecular weight is 1680 g/mol. The molecule has 0 N–H and O–H groups in total. The summed E-state index contributed by atoms with van der Waals surface area (Å²) in [5.41, 5.74) is 38.3. The zero-order valence-corrected chi connectivity index (χ0v) is 72.4. The molecule has 4 nitrogen and oxygen atoms in total. The van der Waals surface area contributed by atoms with Crippen molar-refractivity contribution in [1.29, 1.82) is 0 Å². The molecule has 2 aromatic heterocycles. The van der Waals surface area contributed by atoms with E-state index in [1.165, 1.54) is 87.5 Å². The molecular formula is C128H86N4. The number of benzene rings is 22. The van der Waals surface area contributed by atoms with Gasteiger partial charge in [-0.25, -0.2) is 0 Å². The zero-order chi connectivity index (χ0) is 87.4. The summed E-state index contributed by atoms with van der Waals surface area (Å²) < 4.78 is 4.87. The summed E-state index contributed by atoms with van der Waals surface area (Å²) in [7, 11) is 0. The van der Waals surface area contributed by atoms with E-state index in [1.807, 2.05) is 0 Å². The first kappa shape index (κ1) is 78.1. The van der Waals surface area contributed by atoms with Crippen molar-refractivity contribution in [3.05, 3.63) is 522 Å². The van der Waals surface area contributed by atoms with E-state index in [9.17, 15) is 0 Å². The third-order valence-corrected chi connectivity index (χ3v) is 26.3. The molecule has 22 aromatic carbocycles. The minimum Gasteiger partial charge on any atom is -0.310 e. The molecule has 0 saturated carbocycles. The van der Waals surface area contributed by atoms with Gasteiger partial charge in [0, 0.05) is 67.0 Å². The molecule has 24 rings (SSSR count). The summed E-state index contributed by atoms with van der Waals surface area (Å²) >= 11 is 0. The van der Waals surface area contributed by atoms with Crippen molar-refractivity contribution >= 4 is 99.3 Å². The fourth-order valence-electron chi connectivity index (χ4n) is 20.0. The van der Waals surface area contributed by atoms with Gasteiger partial charge in [-0.1, -0.05) is 358 Å². The first-order chi connectivity index (χ1) is 65.4. The maximum atomic E-state index is 2.46. The van der Waals surface area contributed by atoms with E-state index in [1.54, 1.807) is 0 Å². The highest BCUT2D eigenvalue weighted by Crippen LogP contribution is 2.49. The molecule has 0 fully saturated rings. The fraction of sp³-hybridized carbons (Fsp3) is 0. The maximum absolute atomic E-state index is 2.46. The summed E-state index contributed by atoms with van der Waals surface area (Å²) in [4.78, 5) is 4.90. The summed E-state index contributed by atoms with van der Waals surface area (Å²) in [6.07, 6.45) is 0. The molecule has 0 aliphatic rings. The Hall–Kier alpha value is -17.4. The van der Waals surface area contributed by atoms with Gasteiger partial charge in [-0.3, -0.25) is 0 Å². The first-order valence-corrected chi connectivity index (χ1v) is 45.4. The minimum absolute atomic E-state index is 1.03. The Kier molecular flexibility index (Phi) is 19.9. The summed E-state index contributed by atoms with van der Waals surface area (Å²) in [5.74, 6) is 0. The van der Waals surface area contributed by atoms with E-state index < -0.39 is 0 Å². The number of para-hydroxylation sites is 2. The molecular weight excluding hydrogens is 1590 g/mol. The highest BCUT2D eigenvalue weighted by atomic mass is 15.1. The topological polar surface area (TPSA) is 16.3 Å². The van der Waals surface area contributed by atoms with E-state index in [2.05, 4.69) is 541 Å². The van der Waals surface area contributed by atoms with Crippen LogP contribution in [0.15, 0.2) is 522 Å². The maximum Gasteiger partial charge on any atom is 0.0547 e. The smallest absolute Gasteiger partial charge is 0.0547 e.